The number of rotatable bonds is 7. The first-order valence-electron chi connectivity index (χ1n) is 9.04. The number of aromatic nitrogens is 1. The number of nitrogens with zero attached hydrogens (tertiary/aromatic N) is 1. The van der Waals surface area contributed by atoms with Crippen molar-refractivity contribution in [2.75, 3.05) is 0 Å². The van der Waals surface area contributed by atoms with Gasteiger partial charge in [0, 0.05) is 18.3 Å². The topological polar surface area (TPSA) is 68.2 Å². The number of sulfonamides is 1. The number of hydrogen-bond donors (Lipinski definition) is 1. The number of benzene rings is 2. The van der Waals surface area contributed by atoms with Gasteiger partial charge in [-0.2, -0.15) is 0 Å². The number of aryl methyl sites for hydroxylation is 2. The lowest BCUT2D eigenvalue weighted by molar-refractivity contribution is 0.103. The van der Waals surface area contributed by atoms with Gasteiger partial charge in [0.25, 0.3) is 0 Å². The molecule has 28 heavy (non-hydrogen) atoms. The van der Waals surface area contributed by atoms with Crippen LogP contribution >= 0.6 is 0 Å². The van der Waals surface area contributed by atoms with Gasteiger partial charge >= 0.3 is 0 Å². The monoisotopic (exact) mass is 396 g/mol. The molecule has 0 spiro atoms. The number of hydrogen-bond acceptors (Lipinski definition) is 3. The van der Waals surface area contributed by atoms with Crippen LogP contribution in [0.4, 0.5) is 0 Å². The van der Waals surface area contributed by atoms with E-state index in [0.717, 1.165) is 22.4 Å². The predicted molar refractivity (Wildman–Crippen MR) is 111 cm³/mol. The second-order valence-corrected chi connectivity index (χ2v) is 8.79. The van der Waals surface area contributed by atoms with Crippen LogP contribution in [0.3, 0.4) is 0 Å². The van der Waals surface area contributed by atoms with Crippen LogP contribution in [0.5, 0.6) is 0 Å². The van der Waals surface area contributed by atoms with Gasteiger partial charge in [-0.1, -0.05) is 60.2 Å². The lowest BCUT2D eigenvalue weighted by Crippen LogP contribution is -2.26. The average molecular weight is 397 g/mol. The summed E-state index contributed by atoms with van der Waals surface area (Å²) in [6.07, 6.45) is 0. The summed E-state index contributed by atoms with van der Waals surface area (Å²) in [6.45, 7) is 3.97. The van der Waals surface area contributed by atoms with Crippen LogP contribution in [0.25, 0.3) is 0 Å². The molecule has 0 aliphatic rings. The summed E-state index contributed by atoms with van der Waals surface area (Å²) in [5.41, 5.74) is 4.57. The van der Waals surface area contributed by atoms with E-state index in [9.17, 15) is 13.2 Å². The molecule has 0 atom stereocenters. The summed E-state index contributed by atoms with van der Waals surface area (Å²) in [4.78, 5) is 12.9. The molecule has 3 aromatic rings. The zero-order valence-corrected chi connectivity index (χ0v) is 17.1. The van der Waals surface area contributed by atoms with Crippen LogP contribution in [0.15, 0.2) is 60.7 Å². The van der Waals surface area contributed by atoms with Crippen molar-refractivity contribution < 1.29 is 13.2 Å². The summed E-state index contributed by atoms with van der Waals surface area (Å²) >= 11 is 0. The van der Waals surface area contributed by atoms with Gasteiger partial charge in [0.15, 0.2) is 0 Å². The van der Waals surface area contributed by atoms with E-state index in [0.29, 0.717) is 11.3 Å². The first-order valence-corrected chi connectivity index (χ1v) is 10.7. The average Bonchev–Trinajstić information content (AvgIpc) is 2.94. The molecule has 1 aromatic heterocycles. The summed E-state index contributed by atoms with van der Waals surface area (Å²) in [5, 5.41) is 0. The van der Waals surface area contributed by atoms with Gasteiger partial charge in [0.2, 0.25) is 15.8 Å². The van der Waals surface area contributed by atoms with Gasteiger partial charge in [-0.3, -0.25) is 4.79 Å². The highest BCUT2D eigenvalue weighted by Gasteiger charge is 2.19. The Kier molecular flexibility index (Phi) is 5.82. The van der Waals surface area contributed by atoms with E-state index in [-0.39, 0.29) is 18.1 Å². The van der Waals surface area contributed by atoms with Crippen molar-refractivity contribution in [1.82, 2.24) is 9.29 Å². The summed E-state index contributed by atoms with van der Waals surface area (Å²) in [7, 11) is -1.69. The molecule has 0 unspecified atom stereocenters. The molecule has 1 heterocycles. The molecule has 2 aromatic carbocycles. The highest BCUT2D eigenvalue weighted by molar-refractivity contribution is 7.88. The van der Waals surface area contributed by atoms with Crippen molar-refractivity contribution in [3.05, 3.63) is 94.3 Å². The number of ketones is 1. The number of nitrogens with one attached hydrogen (secondary N) is 1. The van der Waals surface area contributed by atoms with E-state index < -0.39 is 10.0 Å². The Labute approximate surface area is 166 Å². The van der Waals surface area contributed by atoms with Crippen LogP contribution < -0.4 is 4.72 Å². The summed E-state index contributed by atoms with van der Waals surface area (Å²) in [5.74, 6) is -0.148. The van der Waals surface area contributed by atoms with Gasteiger partial charge in [-0.05, 0) is 31.0 Å². The maximum absolute atomic E-state index is 12.9. The van der Waals surface area contributed by atoms with Crippen LogP contribution in [0, 0.1) is 13.8 Å². The standard InChI is InChI=1S/C22H24N2O3S/c1-16-9-11-19(12-10-16)22(25)21-17(2)13-20(24(21)3)14-23-28(26,27)15-18-7-5-4-6-8-18/h4-13,23H,14-15H2,1-3H3. The van der Waals surface area contributed by atoms with Crippen molar-refractivity contribution >= 4 is 15.8 Å². The van der Waals surface area contributed by atoms with Crippen LogP contribution in [-0.2, 0) is 29.4 Å². The van der Waals surface area contributed by atoms with Crippen molar-refractivity contribution in [1.29, 1.82) is 0 Å². The molecule has 6 heteroatoms. The van der Waals surface area contributed by atoms with Crippen LogP contribution in [-0.4, -0.2) is 18.8 Å². The smallest absolute Gasteiger partial charge is 0.216 e. The third-order valence-corrected chi connectivity index (χ3v) is 6.02. The minimum atomic E-state index is -3.48. The molecule has 0 aliphatic carbocycles. The lowest BCUT2D eigenvalue weighted by Gasteiger charge is -2.10. The first-order chi connectivity index (χ1) is 13.3. The molecule has 0 aliphatic heterocycles. The summed E-state index contributed by atoms with van der Waals surface area (Å²) < 4.78 is 29.2. The van der Waals surface area contributed by atoms with Crippen molar-refractivity contribution in [3.8, 4) is 0 Å². The summed E-state index contributed by atoms with van der Waals surface area (Å²) in [6, 6.07) is 18.3. The third kappa shape index (κ3) is 4.58. The SMILES string of the molecule is Cc1ccc(C(=O)c2c(C)cc(CNS(=O)(=O)Cc3ccccc3)n2C)cc1. The molecule has 0 amide bonds. The van der Waals surface area contributed by atoms with E-state index in [1.54, 1.807) is 23.7 Å². The van der Waals surface area contributed by atoms with E-state index in [4.69, 9.17) is 0 Å². The largest absolute Gasteiger partial charge is 0.343 e. The van der Waals surface area contributed by atoms with E-state index >= 15 is 0 Å². The van der Waals surface area contributed by atoms with Crippen molar-refractivity contribution in [2.45, 2.75) is 26.1 Å². The molecule has 0 bridgehead atoms. The Morgan fingerprint density at radius 3 is 2.29 bits per heavy atom. The normalized spacial score (nSPS) is 11.5. The van der Waals surface area contributed by atoms with E-state index in [1.807, 2.05) is 62.4 Å². The Morgan fingerprint density at radius 1 is 1.00 bits per heavy atom. The molecule has 0 radical (unpaired) electrons. The highest BCUT2D eigenvalue weighted by atomic mass is 32.2. The van der Waals surface area contributed by atoms with E-state index in [2.05, 4.69) is 4.72 Å². The molecule has 0 saturated carbocycles. The zero-order chi connectivity index (χ0) is 20.3. The predicted octanol–water partition coefficient (Wildman–Crippen LogP) is 3.49. The molecule has 146 valence electrons. The van der Waals surface area contributed by atoms with Gasteiger partial charge in [0.1, 0.15) is 0 Å². The minimum Gasteiger partial charge on any atom is -0.343 e. The fourth-order valence-electron chi connectivity index (χ4n) is 3.19. The van der Waals surface area contributed by atoms with Gasteiger partial charge < -0.3 is 4.57 Å². The second kappa shape index (κ2) is 8.12. The molecular formula is C22H24N2O3S. The maximum Gasteiger partial charge on any atom is 0.216 e. The van der Waals surface area contributed by atoms with Crippen LogP contribution in [0.2, 0.25) is 0 Å². The van der Waals surface area contributed by atoms with Gasteiger partial charge in [-0.25, -0.2) is 13.1 Å². The molecular weight excluding hydrogens is 372 g/mol. The number of carbonyl (C=O) groups is 1. The van der Waals surface area contributed by atoms with Crippen molar-refractivity contribution in [2.24, 2.45) is 7.05 Å². The quantitative estimate of drug-likeness (QED) is 0.622. The Bertz CT molecular complexity index is 1080. The van der Waals surface area contributed by atoms with Gasteiger partial charge in [0.05, 0.1) is 18.0 Å². The maximum atomic E-state index is 12.9. The van der Waals surface area contributed by atoms with E-state index in [1.165, 1.54) is 0 Å². The van der Waals surface area contributed by atoms with Gasteiger partial charge in [-0.15, -0.1) is 0 Å². The second-order valence-electron chi connectivity index (χ2n) is 6.99. The first kappa shape index (κ1) is 20.0. The number of carbonyl (C=O) groups excluding carboxylic acids is 1. The zero-order valence-electron chi connectivity index (χ0n) is 16.3. The molecule has 1 N–H and O–H groups in total. The van der Waals surface area contributed by atoms with Crippen molar-refractivity contribution in [3.63, 3.8) is 0 Å². The fraction of sp³-hybridized carbons (Fsp3) is 0.227. The molecule has 3 rings (SSSR count). The fourth-order valence-corrected chi connectivity index (χ4v) is 4.30. The lowest BCUT2D eigenvalue weighted by atomic mass is 10.0. The Hall–Kier alpha value is -2.70. The van der Waals surface area contributed by atoms with Crippen LogP contribution in [0.1, 0.15) is 38.4 Å². The Balaban J connectivity index is 1.76. The minimum absolute atomic E-state index is 0.0709. The Morgan fingerprint density at radius 2 is 1.64 bits per heavy atom. The highest BCUT2D eigenvalue weighted by Crippen LogP contribution is 2.19. The third-order valence-electron chi connectivity index (χ3n) is 4.72. The molecule has 0 fully saturated rings. The molecule has 0 saturated heterocycles. The molecule has 5 nitrogen and oxygen atoms in total.